The average Bonchev–Trinajstić information content (AvgIpc) is 2.34. The van der Waals surface area contributed by atoms with E-state index in [0.29, 0.717) is 11.4 Å². The smallest absolute Gasteiger partial charge is 0.124 e. The molecule has 2 rings (SSSR count). The van der Waals surface area contributed by atoms with Gasteiger partial charge in [-0.05, 0) is 29.7 Å². The highest BCUT2D eigenvalue weighted by Crippen LogP contribution is 2.22. The van der Waals surface area contributed by atoms with Crippen molar-refractivity contribution >= 4 is 11.6 Å². The van der Waals surface area contributed by atoms with Gasteiger partial charge >= 0.3 is 0 Å². The van der Waals surface area contributed by atoms with E-state index in [9.17, 15) is 4.39 Å². The van der Waals surface area contributed by atoms with Gasteiger partial charge in [-0.15, -0.1) is 0 Å². The molecule has 1 nitrogen and oxygen atoms in total. The van der Waals surface area contributed by atoms with Crippen molar-refractivity contribution in [2.24, 2.45) is 5.73 Å². The molecule has 0 amide bonds. The zero-order chi connectivity index (χ0) is 12.3. The van der Waals surface area contributed by atoms with Crippen LogP contribution in [0.25, 0.3) is 0 Å². The van der Waals surface area contributed by atoms with E-state index in [1.54, 1.807) is 6.07 Å². The minimum atomic E-state index is -0.327. The Balaban J connectivity index is 2.16. The molecule has 0 saturated carbocycles. The molecule has 1 unspecified atom stereocenters. The molecule has 0 aliphatic heterocycles. The maximum absolute atomic E-state index is 12.9. The SMILES string of the molecule is NC(Cc1ccc(F)cc1Cl)c1ccccc1. The number of halogens is 2. The van der Waals surface area contributed by atoms with E-state index in [4.69, 9.17) is 17.3 Å². The maximum atomic E-state index is 12.9. The van der Waals surface area contributed by atoms with Crippen LogP contribution >= 0.6 is 11.6 Å². The highest BCUT2D eigenvalue weighted by Gasteiger charge is 2.09. The number of rotatable bonds is 3. The molecule has 88 valence electrons. The van der Waals surface area contributed by atoms with Crippen LogP contribution in [0.5, 0.6) is 0 Å². The van der Waals surface area contributed by atoms with Crippen LogP contribution in [-0.2, 0) is 6.42 Å². The summed E-state index contributed by atoms with van der Waals surface area (Å²) in [6.45, 7) is 0. The summed E-state index contributed by atoms with van der Waals surface area (Å²) in [5, 5.41) is 0.427. The molecule has 0 aromatic heterocycles. The van der Waals surface area contributed by atoms with E-state index in [-0.39, 0.29) is 11.9 Å². The lowest BCUT2D eigenvalue weighted by atomic mass is 10.00. The third-order valence-electron chi connectivity index (χ3n) is 2.68. The first-order valence-electron chi connectivity index (χ1n) is 5.41. The second kappa shape index (κ2) is 5.30. The summed E-state index contributed by atoms with van der Waals surface area (Å²) < 4.78 is 12.9. The fourth-order valence-corrected chi connectivity index (χ4v) is 1.99. The summed E-state index contributed by atoms with van der Waals surface area (Å²) in [5.74, 6) is -0.327. The van der Waals surface area contributed by atoms with Crippen LogP contribution in [0.15, 0.2) is 48.5 Å². The molecule has 0 aliphatic rings. The predicted octanol–water partition coefficient (Wildman–Crippen LogP) is 3.72. The molecule has 1 atom stereocenters. The molecule has 3 heteroatoms. The van der Waals surface area contributed by atoms with Gasteiger partial charge in [0.2, 0.25) is 0 Å². The first-order chi connectivity index (χ1) is 8.16. The van der Waals surface area contributed by atoms with Gasteiger partial charge in [-0.25, -0.2) is 4.39 Å². The number of nitrogens with two attached hydrogens (primary N) is 1. The molecular formula is C14H13ClFN. The molecule has 0 aliphatic carbocycles. The second-order valence-electron chi connectivity index (χ2n) is 3.96. The van der Waals surface area contributed by atoms with Crippen molar-refractivity contribution in [3.63, 3.8) is 0 Å². The molecule has 0 heterocycles. The van der Waals surface area contributed by atoms with Gasteiger partial charge in [0.05, 0.1) is 0 Å². The molecular weight excluding hydrogens is 237 g/mol. The zero-order valence-electron chi connectivity index (χ0n) is 9.24. The molecule has 2 aromatic carbocycles. The van der Waals surface area contributed by atoms with E-state index >= 15 is 0 Å². The van der Waals surface area contributed by atoms with Crippen molar-refractivity contribution in [2.75, 3.05) is 0 Å². The molecule has 2 N–H and O–H groups in total. The van der Waals surface area contributed by atoms with Crippen molar-refractivity contribution in [1.82, 2.24) is 0 Å². The average molecular weight is 250 g/mol. The van der Waals surface area contributed by atoms with Gasteiger partial charge in [-0.3, -0.25) is 0 Å². The lowest BCUT2D eigenvalue weighted by Crippen LogP contribution is -2.13. The highest BCUT2D eigenvalue weighted by atomic mass is 35.5. The summed E-state index contributed by atoms with van der Waals surface area (Å²) >= 11 is 5.97. The Bertz CT molecular complexity index is 499. The van der Waals surface area contributed by atoms with Crippen LogP contribution in [0.3, 0.4) is 0 Å². The monoisotopic (exact) mass is 249 g/mol. The number of hydrogen-bond donors (Lipinski definition) is 1. The highest BCUT2D eigenvalue weighted by molar-refractivity contribution is 6.31. The summed E-state index contributed by atoms with van der Waals surface area (Å²) in [5.41, 5.74) is 8.00. The Morgan fingerprint density at radius 2 is 1.82 bits per heavy atom. The standard InChI is InChI=1S/C14H13ClFN/c15-13-9-12(16)7-6-11(13)8-14(17)10-4-2-1-3-5-10/h1-7,9,14H,8,17H2. The summed E-state index contributed by atoms with van der Waals surface area (Å²) in [7, 11) is 0. The quantitative estimate of drug-likeness (QED) is 0.882. The molecule has 0 saturated heterocycles. The second-order valence-corrected chi connectivity index (χ2v) is 4.36. The van der Waals surface area contributed by atoms with Crippen LogP contribution in [0, 0.1) is 5.82 Å². The summed E-state index contributed by atoms with van der Waals surface area (Å²) in [4.78, 5) is 0. The maximum Gasteiger partial charge on any atom is 0.124 e. The third kappa shape index (κ3) is 3.05. The van der Waals surface area contributed by atoms with Crippen molar-refractivity contribution in [3.05, 3.63) is 70.5 Å². The van der Waals surface area contributed by atoms with Gasteiger partial charge in [0.15, 0.2) is 0 Å². The molecule has 0 bridgehead atoms. The lowest BCUT2D eigenvalue weighted by Gasteiger charge is -2.13. The minimum absolute atomic E-state index is 0.126. The first-order valence-corrected chi connectivity index (χ1v) is 5.79. The first kappa shape index (κ1) is 12.1. The van der Waals surface area contributed by atoms with Gasteiger partial charge in [-0.2, -0.15) is 0 Å². The van der Waals surface area contributed by atoms with E-state index < -0.39 is 0 Å². The lowest BCUT2D eigenvalue weighted by molar-refractivity contribution is 0.625. The van der Waals surface area contributed by atoms with Gasteiger partial charge in [-0.1, -0.05) is 48.0 Å². The predicted molar refractivity (Wildman–Crippen MR) is 68.5 cm³/mol. The van der Waals surface area contributed by atoms with Crippen molar-refractivity contribution in [3.8, 4) is 0 Å². The van der Waals surface area contributed by atoms with E-state index in [0.717, 1.165) is 11.1 Å². The topological polar surface area (TPSA) is 26.0 Å². The Morgan fingerprint density at radius 3 is 2.47 bits per heavy atom. The number of benzene rings is 2. The van der Waals surface area contributed by atoms with E-state index in [2.05, 4.69) is 0 Å². The normalized spacial score (nSPS) is 12.4. The molecule has 17 heavy (non-hydrogen) atoms. The van der Waals surface area contributed by atoms with Gasteiger partial charge in [0.25, 0.3) is 0 Å². The Kier molecular flexibility index (Phi) is 3.77. The Morgan fingerprint density at radius 1 is 1.12 bits per heavy atom. The minimum Gasteiger partial charge on any atom is -0.324 e. The largest absolute Gasteiger partial charge is 0.324 e. The van der Waals surface area contributed by atoms with Crippen LogP contribution in [-0.4, -0.2) is 0 Å². The van der Waals surface area contributed by atoms with Crippen LogP contribution < -0.4 is 5.73 Å². The van der Waals surface area contributed by atoms with Crippen molar-refractivity contribution in [2.45, 2.75) is 12.5 Å². The molecule has 2 aromatic rings. The molecule has 0 spiro atoms. The van der Waals surface area contributed by atoms with Crippen LogP contribution in [0.4, 0.5) is 4.39 Å². The fraction of sp³-hybridized carbons (Fsp3) is 0.143. The van der Waals surface area contributed by atoms with Crippen molar-refractivity contribution in [1.29, 1.82) is 0 Å². The van der Waals surface area contributed by atoms with Gasteiger partial charge in [0.1, 0.15) is 5.82 Å². The Hall–Kier alpha value is -1.38. The summed E-state index contributed by atoms with van der Waals surface area (Å²) in [6, 6.07) is 14.1. The Labute approximate surface area is 105 Å². The summed E-state index contributed by atoms with van der Waals surface area (Å²) in [6.07, 6.45) is 0.600. The van der Waals surface area contributed by atoms with Crippen LogP contribution in [0.2, 0.25) is 5.02 Å². The molecule has 0 fully saturated rings. The molecule has 0 radical (unpaired) electrons. The van der Waals surface area contributed by atoms with Gasteiger partial charge < -0.3 is 5.73 Å². The number of hydrogen-bond acceptors (Lipinski definition) is 1. The van der Waals surface area contributed by atoms with Crippen LogP contribution in [0.1, 0.15) is 17.2 Å². The van der Waals surface area contributed by atoms with E-state index in [1.807, 2.05) is 30.3 Å². The third-order valence-corrected chi connectivity index (χ3v) is 3.03. The zero-order valence-corrected chi connectivity index (χ0v) is 9.99. The van der Waals surface area contributed by atoms with Gasteiger partial charge in [0, 0.05) is 11.1 Å². The van der Waals surface area contributed by atoms with E-state index in [1.165, 1.54) is 12.1 Å². The fourth-order valence-electron chi connectivity index (χ4n) is 1.74. The van der Waals surface area contributed by atoms with Crippen molar-refractivity contribution < 1.29 is 4.39 Å².